The van der Waals surface area contributed by atoms with Gasteiger partial charge in [-0.25, -0.2) is 0 Å². The highest BCUT2D eigenvalue weighted by Crippen LogP contribution is 2.30. The molecule has 24 heavy (non-hydrogen) atoms. The highest BCUT2D eigenvalue weighted by molar-refractivity contribution is 7.18. The molecule has 7 heteroatoms. The Bertz CT molecular complexity index is 775. The van der Waals surface area contributed by atoms with Gasteiger partial charge in [0.05, 0.1) is 15.8 Å². The lowest BCUT2D eigenvalue weighted by Gasteiger charge is -2.29. The van der Waals surface area contributed by atoms with Crippen LogP contribution in [0.5, 0.6) is 0 Å². The Hall–Kier alpha value is -1.89. The van der Waals surface area contributed by atoms with Crippen molar-refractivity contribution in [3.05, 3.63) is 45.1 Å². The van der Waals surface area contributed by atoms with Gasteiger partial charge in [-0.2, -0.15) is 0 Å². The molecule has 1 aliphatic heterocycles. The molecule has 1 aromatic carbocycles. The summed E-state index contributed by atoms with van der Waals surface area (Å²) in [4.78, 5) is 26.6. The van der Waals surface area contributed by atoms with Gasteiger partial charge in [-0.15, -0.1) is 11.3 Å². The van der Waals surface area contributed by atoms with E-state index in [2.05, 4.69) is 5.32 Å². The van der Waals surface area contributed by atoms with Gasteiger partial charge in [-0.3, -0.25) is 9.59 Å². The number of carbonyl (C=O) groups is 2. The first-order chi connectivity index (χ1) is 11.6. The molecule has 2 aromatic rings. The minimum Gasteiger partial charge on any atom is -0.383 e. The van der Waals surface area contributed by atoms with Crippen LogP contribution < -0.4 is 10.2 Å². The number of carbonyl (C=O) groups excluding carboxylic acids is 2. The predicted octanol–water partition coefficient (Wildman–Crippen LogP) is 3.58. The summed E-state index contributed by atoms with van der Waals surface area (Å²) in [5.41, 5.74) is 2.65. The number of thiophene rings is 1. The van der Waals surface area contributed by atoms with E-state index in [1.54, 1.807) is 24.1 Å². The molecule has 0 unspecified atom stereocenters. The predicted molar refractivity (Wildman–Crippen MR) is 96.3 cm³/mol. The molecule has 0 saturated carbocycles. The summed E-state index contributed by atoms with van der Waals surface area (Å²) in [7, 11) is 1.62. The monoisotopic (exact) mass is 364 g/mol. The van der Waals surface area contributed by atoms with Gasteiger partial charge in [0.25, 0.3) is 5.91 Å². The van der Waals surface area contributed by atoms with E-state index >= 15 is 0 Å². The van der Waals surface area contributed by atoms with Crippen molar-refractivity contribution in [3.8, 4) is 0 Å². The molecule has 0 fully saturated rings. The molecule has 0 bridgehead atoms. The number of halogens is 1. The average molecular weight is 365 g/mol. The van der Waals surface area contributed by atoms with Gasteiger partial charge in [-0.05, 0) is 42.3 Å². The number of hydrogen-bond donors (Lipinski definition) is 1. The summed E-state index contributed by atoms with van der Waals surface area (Å²) >= 11 is 7.10. The van der Waals surface area contributed by atoms with E-state index in [9.17, 15) is 9.59 Å². The number of aryl methyl sites for hydroxylation is 1. The van der Waals surface area contributed by atoms with Gasteiger partial charge in [0, 0.05) is 31.5 Å². The second kappa shape index (κ2) is 7.34. The number of methoxy groups -OCH3 is 1. The highest BCUT2D eigenvalue weighted by Gasteiger charge is 2.24. The standard InChI is InChI=1S/C17H17ClN2O3S/c1-23-9-8-20-13-4-3-12(10-11(13)2-7-16(20)21)19-17(22)14-5-6-15(18)24-14/h3-6,10H,2,7-9H2,1H3,(H,19,22). The Balaban J connectivity index is 1.78. The lowest BCUT2D eigenvalue weighted by molar-refractivity contribution is -0.119. The first-order valence-corrected chi connectivity index (χ1v) is 8.77. The summed E-state index contributed by atoms with van der Waals surface area (Å²) < 4.78 is 5.66. The molecule has 0 radical (unpaired) electrons. The normalized spacial score (nSPS) is 13.8. The molecule has 5 nitrogen and oxygen atoms in total. The zero-order valence-corrected chi connectivity index (χ0v) is 14.7. The molecule has 1 N–H and O–H groups in total. The molecular weight excluding hydrogens is 348 g/mol. The molecule has 2 heterocycles. The quantitative estimate of drug-likeness (QED) is 0.882. The Morgan fingerprint density at radius 3 is 2.88 bits per heavy atom. The van der Waals surface area contributed by atoms with Crippen molar-refractivity contribution in [1.82, 2.24) is 0 Å². The van der Waals surface area contributed by atoms with Crippen LogP contribution in [0.4, 0.5) is 11.4 Å². The van der Waals surface area contributed by atoms with Crippen LogP contribution in [0.2, 0.25) is 4.34 Å². The van der Waals surface area contributed by atoms with Crippen LogP contribution in [0.15, 0.2) is 30.3 Å². The summed E-state index contributed by atoms with van der Waals surface area (Å²) in [6, 6.07) is 9.01. The third-order valence-corrected chi connectivity index (χ3v) is 5.08. The fourth-order valence-corrected chi connectivity index (χ4v) is 3.63. The SMILES string of the molecule is COCCN1C(=O)CCc2cc(NC(=O)c3ccc(Cl)s3)ccc21. The number of benzene rings is 1. The molecule has 0 atom stereocenters. The van der Waals surface area contributed by atoms with Crippen molar-refractivity contribution in [1.29, 1.82) is 0 Å². The van der Waals surface area contributed by atoms with Crippen molar-refractivity contribution < 1.29 is 14.3 Å². The van der Waals surface area contributed by atoms with E-state index < -0.39 is 0 Å². The molecule has 0 aliphatic carbocycles. The number of anilines is 2. The van der Waals surface area contributed by atoms with Crippen LogP contribution >= 0.6 is 22.9 Å². The lowest BCUT2D eigenvalue weighted by Crippen LogP contribution is -2.37. The van der Waals surface area contributed by atoms with E-state index in [4.69, 9.17) is 16.3 Å². The summed E-state index contributed by atoms with van der Waals surface area (Å²) in [5, 5.41) is 2.88. The Labute approximate surface area is 149 Å². The summed E-state index contributed by atoms with van der Waals surface area (Å²) in [5.74, 6) is -0.0838. The maximum atomic E-state index is 12.2. The second-order valence-electron chi connectivity index (χ2n) is 5.44. The molecule has 1 aliphatic rings. The minimum absolute atomic E-state index is 0.101. The summed E-state index contributed by atoms with van der Waals surface area (Å²) in [6.45, 7) is 1.02. The Morgan fingerprint density at radius 2 is 2.17 bits per heavy atom. The van der Waals surface area contributed by atoms with Gasteiger partial charge in [0.1, 0.15) is 0 Å². The van der Waals surface area contributed by atoms with E-state index in [0.29, 0.717) is 40.9 Å². The third kappa shape index (κ3) is 3.61. The van der Waals surface area contributed by atoms with Gasteiger partial charge >= 0.3 is 0 Å². The minimum atomic E-state index is -0.185. The Kier molecular flexibility index (Phi) is 5.18. The topological polar surface area (TPSA) is 58.6 Å². The fraction of sp³-hybridized carbons (Fsp3) is 0.294. The number of nitrogens with one attached hydrogen (secondary N) is 1. The number of nitrogens with zero attached hydrogens (tertiary/aromatic N) is 1. The molecular formula is C17H17ClN2O3S. The van der Waals surface area contributed by atoms with Gasteiger partial charge in [-0.1, -0.05) is 11.6 Å². The maximum Gasteiger partial charge on any atom is 0.265 e. The lowest BCUT2D eigenvalue weighted by atomic mass is 10.0. The largest absolute Gasteiger partial charge is 0.383 e. The Morgan fingerprint density at radius 1 is 1.33 bits per heavy atom. The fourth-order valence-electron chi connectivity index (χ4n) is 2.69. The van der Waals surface area contributed by atoms with Crippen LogP contribution in [0.25, 0.3) is 0 Å². The molecule has 0 saturated heterocycles. The second-order valence-corrected chi connectivity index (χ2v) is 7.15. The average Bonchev–Trinajstić information content (AvgIpc) is 3.01. The number of rotatable bonds is 5. The van der Waals surface area contributed by atoms with Crippen LogP contribution in [-0.2, 0) is 16.0 Å². The molecule has 0 spiro atoms. The molecule has 126 valence electrons. The van der Waals surface area contributed by atoms with Crippen molar-refractivity contribution in [2.75, 3.05) is 30.5 Å². The van der Waals surface area contributed by atoms with Crippen LogP contribution in [0.1, 0.15) is 21.7 Å². The van der Waals surface area contributed by atoms with E-state index in [1.807, 2.05) is 18.2 Å². The molecule has 2 amide bonds. The summed E-state index contributed by atoms with van der Waals surface area (Å²) in [6.07, 6.45) is 1.14. The van der Waals surface area contributed by atoms with Gasteiger partial charge in [0.2, 0.25) is 5.91 Å². The van der Waals surface area contributed by atoms with Crippen molar-refractivity contribution in [2.45, 2.75) is 12.8 Å². The third-order valence-electron chi connectivity index (χ3n) is 3.85. The molecule has 1 aromatic heterocycles. The highest BCUT2D eigenvalue weighted by atomic mass is 35.5. The van der Waals surface area contributed by atoms with E-state index in [1.165, 1.54) is 11.3 Å². The zero-order valence-electron chi connectivity index (χ0n) is 13.2. The maximum absolute atomic E-state index is 12.2. The smallest absolute Gasteiger partial charge is 0.265 e. The van der Waals surface area contributed by atoms with Crippen molar-refractivity contribution in [2.24, 2.45) is 0 Å². The van der Waals surface area contributed by atoms with Crippen LogP contribution in [0, 0.1) is 0 Å². The van der Waals surface area contributed by atoms with E-state index in [-0.39, 0.29) is 11.8 Å². The number of ether oxygens (including phenoxy) is 1. The van der Waals surface area contributed by atoms with Crippen molar-refractivity contribution in [3.63, 3.8) is 0 Å². The van der Waals surface area contributed by atoms with Gasteiger partial charge in [0.15, 0.2) is 0 Å². The van der Waals surface area contributed by atoms with Crippen LogP contribution in [0.3, 0.4) is 0 Å². The van der Waals surface area contributed by atoms with Crippen molar-refractivity contribution >= 4 is 46.1 Å². The van der Waals surface area contributed by atoms with Crippen LogP contribution in [-0.4, -0.2) is 32.1 Å². The number of amides is 2. The first kappa shape index (κ1) is 17.0. The molecule has 3 rings (SSSR count). The first-order valence-electron chi connectivity index (χ1n) is 7.57. The number of hydrogen-bond acceptors (Lipinski definition) is 4. The number of fused-ring (bicyclic) bond motifs is 1. The van der Waals surface area contributed by atoms with Gasteiger partial charge < -0.3 is 15.0 Å². The van der Waals surface area contributed by atoms with E-state index in [0.717, 1.165) is 11.3 Å². The zero-order chi connectivity index (χ0) is 17.1.